The van der Waals surface area contributed by atoms with Gasteiger partial charge in [-0.2, -0.15) is 13.2 Å². The lowest BCUT2D eigenvalue weighted by atomic mass is 10.1. The summed E-state index contributed by atoms with van der Waals surface area (Å²) in [6.45, 7) is 2.72. The fraction of sp³-hybridized carbons (Fsp3) is 0.357. The summed E-state index contributed by atoms with van der Waals surface area (Å²) in [5.74, 6) is 0.630. The van der Waals surface area contributed by atoms with E-state index in [-0.39, 0.29) is 6.04 Å². The molecule has 0 fully saturated rings. The maximum absolute atomic E-state index is 12.5. The number of hydrogen-bond acceptors (Lipinski definition) is 3. The maximum atomic E-state index is 12.5. The summed E-state index contributed by atoms with van der Waals surface area (Å²) in [5, 5.41) is 3.21. The first kappa shape index (κ1) is 14.6. The largest absolute Gasteiger partial charge is 0.467 e. The predicted molar refractivity (Wildman–Crippen MR) is 68.1 cm³/mol. The number of aromatic nitrogens is 1. The molecule has 1 atom stereocenters. The van der Waals surface area contributed by atoms with E-state index in [0.717, 1.165) is 18.7 Å². The highest BCUT2D eigenvalue weighted by Gasteiger charge is 2.31. The number of nitrogens with one attached hydrogen (secondary N) is 1. The molecule has 20 heavy (non-hydrogen) atoms. The Hall–Kier alpha value is -1.82. The van der Waals surface area contributed by atoms with E-state index in [1.165, 1.54) is 12.3 Å². The smallest absolute Gasteiger partial charge is 0.417 e. The number of pyridine rings is 1. The fourth-order valence-electron chi connectivity index (χ4n) is 1.84. The Bertz CT molecular complexity index is 520. The van der Waals surface area contributed by atoms with Crippen LogP contribution in [0.3, 0.4) is 0 Å². The van der Waals surface area contributed by atoms with Crippen LogP contribution in [0.25, 0.3) is 0 Å². The number of hydrogen-bond donors (Lipinski definition) is 1. The molecule has 1 unspecified atom stereocenters. The van der Waals surface area contributed by atoms with E-state index in [4.69, 9.17) is 4.42 Å². The SMILES string of the molecule is CCCNC(c1ccc(C(F)(F)F)cn1)c1ccco1. The van der Waals surface area contributed by atoms with Crippen LogP contribution >= 0.6 is 0 Å². The number of rotatable bonds is 5. The Balaban J connectivity index is 2.25. The molecule has 0 spiro atoms. The molecule has 2 aromatic heterocycles. The molecular weight excluding hydrogens is 269 g/mol. The van der Waals surface area contributed by atoms with Gasteiger partial charge < -0.3 is 9.73 Å². The molecule has 0 saturated carbocycles. The Labute approximate surface area is 114 Å². The molecule has 0 amide bonds. The van der Waals surface area contributed by atoms with Crippen molar-refractivity contribution in [3.05, 3.63) is 53.7 Å². The van der Waals surface area contributed by atoms with Gasteiger partial charge in [-0.05, 0) is 37.2 Å². The second-order valence-corrected chi connectivity index (χ2v) is 4.37. The molecule has 2 aromatic rings. The number of alkyl halides is 3. The predicted octanol–water partition coefficient (Wildman–Crippen LogP) is 3.78. The van der Waals surface area contributed by atoms with Crippen molar-refractivity contribution in [2.75, 3.05) is 6.54 Å². The monoisotopic (exact) mass is 284 g/mol. The quantitative estimate of drug-likeness (QED) is 0.908. The molecule has 6 heteroatoms. The third kappa shape index (κ3) is 3.39. The Morgan fingerprint density at radius 3 is 2.60 bits per heavy atom. The maximum Gasteiger partial charge on any atom is 0.417 e. The lowest BCUT2D eigenvalue weighted by Gasteiger charge is -2.16. The van der Waals surface area contributed by atoms with Crippen molar-refractivity contribution in [3.8, 4) is 0 Å². The molecule has 0 aromatic carbocycles. The first-order valence-electron chi connectivity index (χ1n) is 6.32. The molecule has 1 N–H and O–H groups in total. The van der Waals surface area contributed by atoms with Gasteiger partial charge in [0.1, 0.15) is 11.8 Å². The minimum atomic E-state index is -4.37. The Morgan fingerprint density at radius 1 is 1.30 bits per heavy atom. The van der Waals surface area contributed by atoms with Gasteiger partial charge in [-0.1, -0.05) is 6.92 Å². The standard InChI is InChI=1S/C14H15F3N2O/c1-2-7-18-13(12-4-3-8-20-12)11-6-5-10(9-19-11)14(15,16)17/h3-6,8-9,13,18H,2,7H2,1H3. The zero-order valence-corrected chi connectivity index (χ0v) is 10.9. The van der Waals surface area contributed by atoms with Gasteiger partial charge in [0.25, 0.3) is 0 Å². The molecule has 0 saturated heterocycles. The highest BCUT2D eigenvalue weighted by molar-refractivity contribution is 5.24. The van der Waals surface area contributed by atoms with E-state index in [0.29, 0.717) is 18.0 Å². The second kappa shape index (κ2) is 6.09. The molecule has 108 valence electrons. The van der Waals surface area contributed by atoms with Gasteiger partial charge in [-0.3, -0.25) is 4.98 Å². The van der Waals surface area contributed by atoms with Crippen LogP contribution in [0.1, 0.15) is 36.4 Å². The van der Waals surface area contributed by atoms with Crippen molar-refractivity contribution in [1.82, 2.24) is 10.3 Å². The van der Waals surface area contributed by atoms with Crippen LogP contribution in [0.2, 0.25) is 0 Å². The van der Waals surface area contributed by atoms with Crippen LogP contribution in [0.5, 0.6) is 0 Å². The average molecular weight is 284 g/mol. The Kier molecular flexibility index (Phi) is 4.44. The highest BCUT2D eigenvalue weighted by Crippen LogP contribution is 2.29. The summed E-state index contributed by atoms with van der Waals surface area (Å²) in [6.07, 6.45) is -1.10. The molecular formula is C14H15F3N2O. The zero-order valence-electron chi connectivity index (χ0n) is 10.9. The van der Waals surface area contributed by atoms with Gasteiger partial charge in [0, 0.05) is 6.20 Å². The van der Waals surface area contributed by atoms with E-state index in [9.17, 15) is 13.2 Å². The normalized spacial score (nSPS) is 13.4. The van der Waals surface area contributed by atoms with Gasteiger partial charge in [-0.15, -0.1) is 0 Å². The minimum Gasteiger partial charge on any atom is -0.467 e. The lowest BCUT2D eigenvalue weighted by Crippen LogP contribution is -2.24. The van der Waals surface area contributed by atoms with E-state index >= 15 is 0 Å². The molecule has 0 bridgehead atoms. The van der Waals surface area contributed by atoms with Crippen LogP contribution in [0.4, 0.5) is 13.2 Å². The van der Waals surface area contributed by atoms with Gasteiger partial charge in [0.2, 0.25) is 0 Å². The zero-order chi connectivity index (χ0) is 14.6. The lowest BCUT2D eigenvalue weighted by molar-refractivity contribution is -0.137. The summed E-state index contributed by atoms with van der Waals surface area (Å²) < 4.78 is 42.9. The molecule has 2 heterocycles. The van der Waals surface area contributed by atoms with Crippen molar-refractivity contribution >= 4 is 0 Å². The molecule has 0 aliphatic heterocycles. The topological polar surface area (TPSA) is 38.1 Å². The first-order valence-corrected chi connectivity index (χ1v) is 6.32. The van der Waals surface area contributed by atoms with Gasteiger partial charge in [-0.25, -0.2) is 0 Å². The fourth-order valence-corrected chi connectivity index (χ4v) is 1.84. The molecule has 0 aliphatic rings. The van der Waals surface area contributed by atoms with E-state index < -0.39 is 11.7 Å². The number of nitrogens with zero attached hydrogens (tertiary/aromatic N) is 1. The minimum absolute atomic E-state index is 0.341. The summed E-state index contributed by atoms with van der Waals surface area (Å²) in [7, 11) is 0. The van der Waals surface area contributed by atoms with Crippen molar-refractivity contribution in [2.24, 2.45) is 0 Å². The van der Waals surface area contributed by atoms with Crippen LogP contribution in [0.15, 0.2) is 41.1 Å². The first-order chi connectivity index (χ1) is 9.52. The van der Waals surface area contributed by atoms with Crippen LogP contribution in [-0.4, -0.2) is 11.5 Å². The van der Waals surface area contributed by atoms with Gasteiger partial charge in [0.15, 0.2) is 0 Å². The average Bonchev–Trinajstić information content (AvgIpc) is 2.93. The molecule has 0 radical (unpaired) electrons. The van der Waals surface area contributed by atoms with E-state index in [1.807, 2.05) is 6.92 Å². The summed E-state index contributed by atoms with van der Waals surface area (Å²) in [6, 6.07) is 5.57. The molecule has 3 nitrogen and oxygen atoms in total. The molecule has 2 rings (SSSR count). The number of halogens is 3. The van der Waals surface area contributed by atoms with E-state index in [1.54, 1.807) is 12.1 Å². The van der Waals surface area contributed by atoms with Crippen LogP contribution in [0, 0.1) is 0 Å². The van der Waals surface area contributed by atoms with Crippen molar-refractivity contribution in [1.29, 1.82) is 0 Å². The van der Waals surface area contributed by atoms with E-state index in [2.05, 4.69) is 10.3 Å². The third-order valence-corrected chi connectivity index (χ3v) is 2.84. The third-order valence-electron chi connectivity index (χ3n) is 2.84. The summed E-state index contributed by atoms with van der Waals surface area (Å²) in [5.41, 5.74) is -0.253. The van der Waals surface area contributed by atoms with Crippen LogP contribution < -0.4 is 5.32 Å². The van der Waals surface area contributed by atoms with Gasteiger partial charge >= 0.3 is 6.18 Å². The summed E-state index contributed by atoms with van der Waals surface area (Å²) in [4.78, 5) is 3.91. The van der Waals surface area contributed by atoms with Gasteiger partial charge in [0.05, 0.1) is 17.5 Å². The van der Waals surface area contributed by atoms with Crippen molar-refractivity contribution in [3.63, 3.8) is 0 Å². The van der Waals surface area contributed by atoms with Crippen LogP contribution in [-0.2, 0) is 6.18 Å². The second-order valence-electron chi connectivity index (χ2n) is 4.37. The van der Waals surface area contributed by atoms with Crippen molar-refractivity contribution in [2.45, 2.75) is 25.6 Å². The number of furan rings is 1. The highest BCUT2D eigenvalue weighted by atomic mass is 19.4. The Morgan fingerprint density at radius 2 is 2.10 bits per heavy atom. The summed E-state index contributed by atoms with van der Waals surface area (Å²) >= 11 is 0. The van der Waals surface area contributed by atoms with Crippen molar-refractivity contribution < 1.29 is 17.6 Å². The molecule has 0 aliphatic carbocycles.